The number of anilines is 1. The molecule has 1 aromatic rings. The molecule has 0 saturated heterocycles. The molecule has 0 amide bonds. The lowest BCUT2D eigenvalue weighted by molar-refractivity contribution is 0.442. The van der Waals surface area contributed by atoms with Crippen LogP contribution in [0.15, 0.2) is 54.8 Å². The Morgan fingerprint density at radius 3 is 2.71 bits per heavy atom. The average molecular weight is 186 g/mol. The minimum atomic E-state index is 0.852. The summed E-state index contributed by atoms with van der Waals surface area (Å²) in [6, 6.07) is 10.2. The zero-order chi connectivity index (χ0) is 9.64. The summed E-state index contributed by atoms with van der Waals surface area (Å²) in [5, 5.41) is 3.36. The number of nitrogens with one attached hydrogen (secondary N) is 1. The lowest BCUT2D eigenvalue weighted by Crippen LogP contribution is -2.25. The number of allylic oxidation sites excluding steroid dienone is 2. The molecular weight excluding hydrogens is 172 g/mol. The third-order valence-electron chi connectivity index (χ3n) is 2.14. The van der Waals surface area contributed by atoms with Crippen molar-refractivity contribution in [1.29, 1.82) is 0 Å². The molecule has 1 aliphatic rings. The van der Waals surface area contributed by atoms with Crippen LogP contribution >= 0.6 is 0 Å². The Hall–Kier alpha value is -1.70. The fourth-order valence-electron chi connectivity index (χ4n) is 1.37. The molecule has 0 saturated carbocycles. The van der Waals surface area contributed by atoms with Crippen molar-refractivity contribution in [2.24, 2.45) is 0 Å². The standard InChI is InChI=1S/C12H14N2/c1-3-7-12(8-4-1)13-11-14-9-5-2-6-10-14/h1-9,13H,10-11H2. The summed E-state index contributed by atoms with van der Waals surface area (Å²) in [7, 11) is 0. The molecule has 1 N–H and O–H groups in total. The highest BCUT2D eigenvalue weighted by Gasteiger charge is 1.97. The predicted octanol–water partition coefficient (Wildman–Crippen LogP) is 2.44. The number of hydrogen-bond acceptors (Lipinski definition) is 2. The third kappa shape index (κ3) is 2.39. The second kappa shape index (κ2) is 4.51. The summed E-state index contributed by atoms with van der Waals surface area (Å²) in [5.74, 6) is 0. The Bertz CT molecular complexity index is 327. The van der Waals surface area contributed by atoms with Gasteiger partial charge in [0.1, 0.15) is 0 Å². The van der Waals surface area contributed by atoms with Crippen molar-refractivity contribution in [3.8, 4) is 0 Å². The molecule has 1 aromatic carbocycles. The lowest BCUT2D eigenvalue weighted by Gasteiger charge is -2.21. The Morgan fingerprint density at radius 2 is 2.00 bits per heavy atom. The van der Waals surface area contributed by atoms with Gasteiger partial charge in [0, 0.05) is 18.4 Å². The van der Waals surface area contributed by atoms with Crippen LogP contribution in [0.4, 0.5) is 5.69 Å². The van der Waals surface area contributed by atoms with E-state index >= 15 is 0 Å². The van der Waals surface area contributed by atoms with E-state index in [1.165, 1.54) is 0 Å². The first kappa shape index (κ1) is 8.88. The number of benzene rings is 1. The van der Waals surface area contributed by atoms with E-state index in [0.717, 1.165) is 18.9 Å². The fraction of sp³-hybridized carbons (Fsp3) is 0.167. The van der Waals surface area contributed by atoms with Crippen molar-refractivity contribution in [2.75, 3.05) is 18.5 Å². The molecule has 14 heavy (non-hydrogen) atoms. The molecule has 0 spiro atoms. The Labute approximate surface area is 84.5 Å². The zero-order valence-electron chi connectivity index (χ0n) is 8.06. The van der Waals surface area contributed by atoms with Crippen molar-refractivity contribution in [3.63, 3.8) is 0 Å². The van der Waals surface area contributed by atoms with Crippen LogP contribution in [-0.2, 0) is 0 Å². The van der Waals surface area contributed by atoms with E-state index in [0.29, 0.717) is 0 Å². The van der Waals surface area contributed by atoms with Crippen LogP contribution in [0.2, 0.25) is 0 Å². The molecular formula is C12H14N2. The van der Waals surface area contributed by atoms with Gasteiger partial charge < -0.3 is 10.2 Å². The maximum atomic E-state index is 3.36. The molecule has 2 rings (SSSR count). The first-order valence-electron chi connectivity index (χ1n) is 4.81. The topological polar surface area (TPSA) is 15.3 Å². The molecule has 0 fully saturated rings. The normalized spacial score (nSPS) is 14.4. The van der Waals surface area contributed by atoms with Crippen molar-refractivity contribution in [2.45, 2.75) is 0 Å². The molecule has 2 heteroatoms. The first-order valence-corrected chi connectivity index (χ1v) is 4.81. The van der Waals surface area contributed by atoms with Crippen molar-refractivity contribution in [3.05, 3.63) is 54.8 Å². The van der Waals surface area contributed by atoms with E-state index in [1.807, 2.05) is 18.2 Å². The van der Waals surface area contributed by atoms with E-state index in [9.17, 15) is 0 Å². The summed E-state index contributed by atoms with van der Waals surface area (Å²) in [6.07, 6.45) is 8.36. The average Bonchev–Trinajstić information content (AvgIpc) is 2.29. The summed E-state index contributed by atoms with van der Waals surface area (Å²) in [4.78, 5) is 2.22. The largest absolute Gasteiger partial charge is 0.368 e. The molecule has 1 heterocycles. The van der Waals surface area contributed by atoms with Crippen LogP contribution in [0.1, 0.15) is 0 Å². The molecule has 0 radical (unpaired) electrons. The first-order chi connectivity index (χ1) is 6.95. The van der Waals surface area contributed by atoms with Gasteiger partial charge in [-0.2, -0.15) is 0 Å². The monoisotopic (exact) mass is 186 g/mol. The van der Waals surface area contributed by atoms with Crippen molar-refractivity contribution < 1.29 is 0 Å². The zero-order valence-corrected chi connectivity index (χ0v) is 8.06. The second-order valence-corrected chi connectivity index (χ2v) is 3.24. The van der Waals surface area contributed by atoms with Crippen molar-refractivity contribution >= 4 is 5.69 Å². The van der Waals surface area contributed by atoms with Crippen LogP contribution in [0.3, 0.4) is 0 Å². The molecule has 1 aliphatic heterocycles. The quantitative estimate of drug-likeness (QED) is 0.780. The Morgan fingerprint density at radius 1 is 1.14 bits per heavy atom. The van der Waals surface area contributed by atoms with Gasteiger partial charge >= 0.3 is 0 Å². The molecule has 0 aliphatic carbocycles. The van der Waals surface area contributed by atoms with Gasteiger partial charge in [0.05, 0.1) is 6.67 Å². The molecule has 0 bridgehead atoms. The van der Waals surface area contributed by atoms with Crippen LogP contribution in [-0.4, -0.2) is 18.1 Å². The minimum Gasteiger partial charge on any atom is -0.368 e. The maximum absolute atomic E-state index is 3.36. The number of rotatable bonds is 3. The van der Waals surface area contributed by atoms with Gasteiger partial charge in [-0.05, 0) is 18.2 Å². The second-order valence-electron chi connectivity index (χ2n) is 3.24. The Kier molecular flexibility index (Phi) is 2.86. The molecule has 2 nitrogen and oxygen atoms in total. The smallest absolute Gasteiger partial charge is 0.0874 e. The summed E-state index contributed by atoms with van der Waals surface area (Å²) in [6.45, 7) is 1.83. The predicted molar refractivity (Wildman–Crippen MR) is 59.9 cm³/mol. The number of para-hydroxylation sites is 1. The Balaban J connectivity index is 1.83. The highest BCUT2D eigenvalue weighted by atomic mass is 15.2. The summed E-state index contributed by atoms with van der Waals surface area (Å²) >= 11 is 0. The van der Waals surface area contributed by atoms with Gasteiger partial charge in [-0.1, -0.05) is 30.4 Å². The number of hydrogen-bond donors (Lipinski definition) is 1. The van der Waals surface area contributed by atoms with E-state index in [2.05, 4.69) is 46.8 Å². The van der Waals surface area contributed by atoms with Crippen LogP contribution in [0.5, 0.6) is 0 Å². The van der Waals surface area contributed by atoms with Crippen LogP contribution in [0, 0.1) is 0 Å². The maximum Gasteiger partial charge on any atom is 0.0874 e. The summed E-state index contributed by atoms with van der Waals surface area (Å²) in [5.41, 5.74) is 1.16. The van der Waals surface area contributed by atoms with Gasteiger partial charge in [0.15, 0.2) is 0 Å². The lowest BCUT2D eigenvalue weighted by atomic mass is 10.3. The highest BCUT2D eigenvalue weighted by Crippen LogP contribution is 2.06. The molecule has 0 aromatic heterocycles. The van der Waals surface area contributed by atoms with Gasteiger partial charge in [-0.3, -0.25) is 0 Å². The molecule has 0 atom stereocenters. The molecule has 72 valence electrons. The van der Waals surface area contributed by atoms with Gasteiger partial charge in [0.2, 0.25) is 0 Å². The van der Waals surface area contributed by atoms with Gasteiger partial charge in [0.25, 0.3) is 0 Å². The highest BCUT2D eigenvalue weighted by molar-refractivity contribution is 5.42. The summed E-state index contributed by atoms with van der Waals surface area (Å²) < 4.78 is 0. The minimum absolute atomic E-state index is 0.852. The SMILES string of the molecule is C1=CCN(CNc2ccccc2)C=C1. The van der Waals surface area contributed by atoms with Crippen molar-refractivity contribution in [1.82, 2.24) is 4.90 Å². The van der Waals surface area contributed by atoms with Gasteiger partial charge in [-0.25, -0.2) is 0 Å². The van der Waals surface area contributed by atoms with E-state index < -0.39 is 0 Å². The van der Waals surface area contributed by atoms with Gasteiger partial charge in [-0.15, -0.1) is 0 Å². The van der Waals surface area contributed by atoms with E-state index in [1.54, 1.807) is 0 Å². The van der Waals surface area contributed by atoms with E-state index in [-0.39, 0.29) is 0 Å². The molecule has 0 unspecified atom stereocenters. The number of nitrogens with zero attached hydrogens (tertiary/aromatic N) is 1. The fourth-order valence-corrected chi connectivity index (χ4v) is 1.37. The van der Waals surface area contributed by atoms with Crippen LogP contribution < -0.4 is 5.32 Å². The third-order valence-corrected chi connectivity index (χ3v) is 2.14. The van der Waals surface area contributed by atoms with E-state index in [4.69, 9.17) is 0 Å². The van der Waals surface area contributed by atoms with Crippen LogP contribution in [0.25, 0.3) is 0 Å².